The topological polar surface area (TPSA) is 139 Å². The van der Waals surface area contributed by atoms with Crippen LogP contribution in [0.3, 0.4) is 0 Å². The fraction of sp³-hybridized carbons (Fsp3) is 0.385. The highest BCUT2D eigenvalue weighted by Gasteiger charge is 2.86. The molecule has 0 amide bonds. The van der Waals surface area contributed by atoms with E-state index in [-0.39, 0.29) is 5.56 Å². The van der Waals surface area contributed by atoms with Crippen LogP contribution in [0.4, 0.5) is 5.69 Å². The summed E-state index contributed by atoms with van der Waals surface area (Å²) in [5.41, 5.74) is -2.73. The second-order valence-electron chi connectivity index (χ2n) is 4.88. The largest absolute Gasteiger partial charge is 0.468 e. The number of methoxy groups -OCH3 is 2. The third kappa shape index (κ3) is 2.18. The minimum Gasteiger partial charge on any atom is -0.468 e. The predicted octanol–water partition coefficient (Wildman–Crippen LogP) is 0.670. The molecule has 23 heavy (non-hydrogen) atoms. The van der Waals surface area contributed by atoms with Crippen LogP contribution in [0.1, 0.15) is 11.5 Å². The average Bonchev–Trinajstić information content (AvgIpc) is 3.24. The van der Waals surface area contributed by atoms with Gasteiger partial charge in [-0.1, -0.05) is 18.2 Å². The first-order valence-electron chi connectivity index (χ1n) is 6.37. The SMILES string of the molecule is COC(=O)C1(C(=O)OC)[C@@H]([N+](=O)[O-])[C@@H]1c1ccccc1[N+](=O)[O-]. The lowest BCUT2D eigenvalue weighted by molar-refractivity contribution is -0.501. The first kappa shape index (κ1) is 16.3. The maximum absolute atomic E-state index is 12.1. The smallest absolute Gasteiger partial charge is 0.331 e. The van der Waals surface area contributed by atoms with Crippen LogP contribution in [0, 0.1) is 25.6 Å². The van der Waals surface area contributed by atoms with E-state index >= 15 is 0 Å². The molecule has 0 heterocycles. The van der Waals surface area contributed by atoms with Crippen LogP contribution in [0.15, 0.2) is 24.3 Å². The number of nitro groups is 2. The number of hydrogen-bond donors (Lipinski definition) is 0. The van der Waals surface area contributed by atoms with Gasteiger partial charge in [-0.2, -0.15) is 0 Å². The Morgan fingerprint density at radius 2 is 1.61 bits per heavy atom. The minimum absolute atomic E-state index is 0.0880. The van der Waals surface area contributed by atoms with Gasteiger partial charge in [0.25, 0.3) is 5.69 Å². The molecule has 1 aromatic carbocycles. The fourth-order valence-corrected chi connectivity index (χ4v) is 2.91. The number of nitro benzene ring substituents is 1. The number of carbonyl (C=O) groups excluding carboxylic acids is 2. The van der Waals surface area contributed by atoms with Crippen molar-refractivity contribution in [3.8, 4) is 0 Å². The van der Waals surface area contributed by atoms with Gasteiger partial charge < -0.3 is 9.47 Å². The zero-order valence-electron chi connectivity index (χ0n) is 12.1. The molecule has 10 nitrogen and oxygen atoms in total. The molecule has 0 N–H and O–H groups in total. The highest BCUT2D eigenvalue weighted by molar-refractivity contribution is 6.07. The van der Waals surface area contributed by atoms with Crippen molar-refractivity contribution in [2.24, 2.45) is 5.41 Å². The Labute approximate surface area is 129 Å². The number of benzene rings is 1. The standard InChI is InChI=1S/C13H12N2O8/c1-22-11(16)13(12(17)23-2)9(10(13)15(20)21)7-5-3-4-6-8(7)14(18)19/h3-6,9-10H,1-2H3/t9-,10-/m0/s1. The van der Waals surface area contributed by atoms with Gasteiger partial charge in [0, 0.05) is 16.6 Å². The van der Waals surface area contributed by atoms with Gasteiger partial charge in [0.2, 0.25) is 11.5 Å². The van der Waals surface area contributed by atoms with E-state index in [9.17, 15) is 29.8 Å². The number of nitrogens with zero attached hydrogens (tertiary/aromatic N) is 2. The molecule has 1 aliphatic carbocycles. The molecule has 1 aliphatic rings. The van der Waals surface area contributed by atoms with E-state index < -0.39 is 44.8 Å². The highest BCUT2D eigenvalue weighted by Crippen LogP contribution is 2.63. The van der Waals surface area contributed by atoms with Gasteiger partial charge in [0.05, 0.1) is 25.1 Å². The van der Waals surface area contributed by atoms with E-state index in [1.807, 2.05) is 0 Å². The Morgan fingerprint density at radius 1 is 1.09 bits per heavy atom. The van der Waals surface area contributed by atoms with Gasteiger partial charge in [-0.3, -0.25) is 29.8 Å². The molecule has 0 spiro atoms. The van der Waals surface area contributed by atoms with Crippen molar-refractivity contribution in [1.29, 1.82) is 0 Å². The second-order valence-corrected chi connectivity index (χ2v) is 4.88. The maximum Gasteiger partial charge on any atom is 0.331 e. The summed E-state index contributed by atoms with van der Waals surface area (Å²) in [5.74, 6) is -3.65. The Bertz CT molecular complexity index is 685. The zero-order chi connectivity index (χ0) is 17.4. The van der Waals surface area contributed by atoms with Crippen molar-refractivity contribution in [2.45, 2.75) is 12.0 Å². The van der Waals surface area contributed by atoms with Gasteiger partial charge in [-0.25, -0.2) is 0 Å². The third-order valence-corrected chi connectivity index (χ3v) is 3.91. The number of para-hydroxylation sites is 1. The van der Waals surface area contributed by atoms with Crippen molar-refractivity contribution in [3.05, 3.63) is 50.1 Å². The number of hydrogen-bond acceptors (Lipinski definition) is 8. The molecule has 122 valence electrons. The van der Waals surface area contributed by atoms with Crippen molar-refractivity contribution in [2.75, 3.05) is 14.2 Å². The van der Waals surface area contributed by atoms with Crippen molar-refractivity contribution in [3.63, 3.8) is 0 Å². The Hall–Kier alpha value is -3.04. The second kappa shape index (κ2) is 5.63. The summed E-state index contributed by atoms with van der Waals surface area (Å²) in [6.07, 6.45) is 0. The maximum atomic E-state index is 12.1. The van der Waals surface area contributed by atoms with Gasteiger partial charge in [0.1, 0.15) is 0 Å². The summed E-state index contributed by atoms with van der Waals surface area (Å²) < 4.78 is 9.04. The van der Waals surface area contributed by atoms with E-state index in [1.165, 1.54) is 18.2 Å². The first-order valence-corrected chi connectivity index (χ1v) is 6.37. The summed E-state index contributed by atoms with van der Waals surface area (Å²) in [7, 11) is 1.94. The molecular formula is C13H12N2O8. The first-order chi connectivity index (χ1) is 10.8. The summed E-state index contributed by atoms with van der Waals surface area (Å²) >= 11 is 0. The Balaban J connectivity index is 2.65. The third-order valence-electron chi connectivity index (χ3n) is 3.91. The van der Waals surface area contributed by atoms with Crippen LogP contribution in [-0.4, -0.2) is 42.0 Å². The molecule has 0 aliphatic heterocycles. The molecule has 0 unspecified atom stereocenters. The molecule has 0 saturated heterocycles. The van der Waals surface area contributed by atoms with E-state index in [4.69, 9.17) is 0 Å². The predicted molar refractivity (Wildman–Crippen MR) is 73.1 cm³/mol. The van der Waals surface area contributed by atoms with Crippen LogP contribution in [0.5, 0.6) is 0 Å². The molecule has 1 fully saturated rings. The monoisotopic (exact) mass is 324 g/mol. The number of rotatable bonds is 5. The molecule has 0 radical (unpaired) electrons. The minimum atomic E-state index is -2.22. The zero-order valence-corrected chi connectivity index (χ0v) is 12.1. The van der Waals surface area contributed by atoms with Crippen LogP contribution in [0.25, 0.3) is 0 Å². The van der Waals surface area contributed by atoms with Crippen LogP contribution in [-0.2, 0) is 19.1 Å². The average molecular weight is 324 g/mol. The molecule has 0 bridgehead atoms. The molecular weight excluding hydrogens is 312 g/mol. The van der Waals surface area contributed by atoms with Gasteiger partial charge in [-0.15, -0.1) is 0 Å². The highest BCUT2D eigenvalue weighted by atomic mass is 16.6. The quantitative estimate of drug-likeness (QED) is 0.333. The molecule has 2 atom stereocenters. The molecule has 10 heteroatoms. The lowest BCUT2D eigenvalue weighted by Crippen LogP contribution is -2.34. The van der Waals surface area contributed by atoms with E-state index in [2.05, 4.69) is 9.47 Å². The number of esters is 2. The lowest BCUT2D eigenvalue weighted by atomic mass is 9.98. The van der Waals surface area contributed by atoms with E-state index in [1.54, 1.807) is 0 Å². The molecule has 1 aromatic rings. The van der Waals surface area contributed by atoms with Crippen molar-refractivity contribution >= 4 is 17.6 Å². The Kier molecular flexibility index (Phi) is 4.00. The van der Waals surface area contributed by atoms with E-state index in [0.29, 0.717) is 0 Å². The lowest BCUT2D eigenvalue weighted by Gasteiger charge is -2.10. The normalized spacial score (nSPS) is 21.1. The number of carbonyl (C=O) groups is 2. The van der Waals surface area contributed by atoms with Gasteiger partial charge >= 0.3 is 11.9 Å². The van der Waals surface area contributed by atoms with Gasteiger partial charge in [0.15, 0.2) is 0 Å². The molecule has 2 rings (SSSR count). The Morgan fingerprint density at radius 3 is 2.04 bits per heavy atom. The molecule has 1 saturated carbocycles. The van der Waals surface area contributed by atoms with Crippen molar-refractivity contribution < 1.29 is 28.9 Å². The van der Waals surface area contributed by atoms with Crippen LogP contribution >= 0.6 is 0 Å². The number of ether oxygens (including phenoxy) is 2. The fourth-order valence-electron chi connectivity index (χ4n) is 2.91. The summed E-state index contributed by atoms with van der Waals surface area (Å²) in [5, 5.41) is 22.4. The molecule has 0 aromatic heterocycles. The van der Waals surface area contributed by atoms with Crippen LogP contribution < -0.4 is 0 Å². The van der Waals surface area contributed by atoms with Gasteiger partial charge in [-0.05, 0) is 0 Å². The van der Waals surface area contributed by atoms with Crippen LogP contribution in [0.2, 0.25) is 0 Å². The summed E-state index contributed by atoms with van der Waals surface area (Å²) in [4.78, 5) is 45.0. The van der Waals surface area contributed by atoms with Crippen molar-refractivity contribution in [1.82, 2.24) is 0 Å². The summed E-state index contributed by atoms with van der Waals surface area (Å²) in [6.45, 7) is 0. The van der Waals surface area contributed by atoms with E-state index in [0.717, 1.165) is 20.3 Å². The summed E-state index contributed by atoms with van der Waals surface area (Å²) in [6, 6.07) is 3.53.